The highest BCUT2D eigenvalue weighted by molar-refractivity contribution is 9.10. The van der Waals surface area contributed by atoms with E-state index in [2.05, 4.69) is 31.2 Å². The number of methoxy groups -OCH3 is 1. The first-order valence-electron chi connectivity index (χ1n) is 5.06. The summed E-state index contributed by atoms with van der Waals surface area (Å²) in [5.74, 6) is 1.16. The van der Waals surface area contributed by atoms with Gasteiger partial charge >= 0.3 is 0 Å². The minimum atomic E-state index is 0.254. The molecule has 0 unspecified atom stereocenters. The number of ether oxygens (including phenoxy) is 1. The minimum Gasteiger partial charge on any atom is -0.496 e. The van der Waals surface area contributed by atoms with Gasteiger partial charge in [0.2, 0.25) is 0 Å². The number of nitrogens with zero attached hydrogens (tertiary/aromatic N) is 3. The number of hydrogen-bond acceptors (Lipinski definition) is 5. The third kappa shape index (κ3) is 2.57. The molecular weight excluding hydrogens is 296 g/mol. The van der Waals surface area contributed by atoms with Gasteiger partial charge in [-0.3, -0.25) is 0 Å². The molecule has 0 amide bonds. The monoisotopic (exact) mass is 304 g/mol. The molecule has 0 radical (unpaired) electrons. The number of nitriles is 1. The molecular formula is C12H9BrN4O. The van der Waals surface area contributed by atoms with Crippen LogP contribution >= 0.6 is 15.9 Å². The Hall–Kier alpha value is -2.13. The number of halogens is 1. The number of hydrogen-bond donors (Lipinski definition) is 1. The molecule has 0 bridgehead atoms. The van der Waals surface area contributed by atoms with Gasteiger partial charge in [0, 0.05) is 18.1 Å². The van der Waals surface area contributed by atoms with E-state index in [1.165, 1.54) is 12.4 Å². The molecule has 18 heavy (non-hydrogen) atoms. The maximum absolute atomic E-state index is 8.91. The van der Waals surface area contributed by atoms with Crippen molar-refractivity contribution in [1.82, 2.24) is 9.97 Å². The summed E-state index contributed by atoms with van der Waals surface area (Å²) in [5.41, 5.74) is 1.05. The van der Waals surface area contributed by atoms with Crippen LogP contribution in [0, 0.1) is 11.3 Å². The molecule has 90 valence electrons. The molecule has 1 aromatic carbocycles. The lowest BCUT2D eigenvalue weighted by Gasteiger charge is -2.08. The fraction of sp³-hybridized carbons (Fsp3) is 0.0833. The highest BCUT2D eigenvalue weighted by Gasteiger charge is 2.06. The van der Waals surface area contributed by atoms with Crippen molar-refractivity contribution in [3.8, 4) is 11.8 Å². The van der Waals surface area contributed by atoms with Crippen LogP contribution in [0.1, 0.15) is 5.69 Å². The molecule has 0 saturated heterocycles. The Balaban J connectivity index is 2.29. The molecule has 5 nitrogen and oxygen atoms in total. The molecule has 6 heteroatoms. The van der Waals surface area contributed by atoms with E-state index in [1.807, 2.05) is 24.3 Å². The Kier molecular flexibility index (Phi) is 3.75. The van der Waals surface area contributed by atoms with Gasteiger partial charge < -0.3 is 10.1 Å². The molecule has 0 atom stereocenters. The fourth-order valence-corrected chi connectivity index (χ4v) is 1.93. The molecule has 2 rings (SSSR count). The quantitative estimate of drug-likeness (QED) is 0.944. The van der Waals surface area contributed by atoms with E-state index >= 15 is 0 Å². The zero-order chi connectivity index (χ0) is 13.0. The van der Waals surface area contributed by atoms with Crippen LogP contribution in [0.4, 0.5) is 11.5 Å². The fourth-order valence-electron chi connectivity index (χ4n) is 1.39. The van der Waals surface area contributed by atoms with E-state index < -0.39 is 0 Å². The number of rotatable bonds is 3. The lowest BCUT2D eigenvalue weighted by Crippen LogP contribution is -1.98. The first kappa shape index (κ1) is 12.3. The van der Waals surface area contributed by atoms with E-state index in [0.29, 0.717) is 5.82 Å². The molecule has 0 saturated carbocycles. The standard InChI is InChI=1S/C12H9BrN4O/c1-18-11-3-2-8(6-9(11)13)17-12-10(7-14)15-4-5-16-12/h2-6H,1H3,(H,16,17). The zero-order valence-corrected chi connectivity index (χ0v) is 11.1. The second kappa shape index (κ2) is 5.47. The Morgan fingerprint density at radius 2 is 2.11 bits per heavy atom. The molecule has 0 aliphatic carbocycles. The summed E-state index contributed by atoms with van der Waals surface area (Å²) in [5, 5.41) is 11.9. The largest absolute Gasteiger partial charge is 0.496 e. The second-order valence-corrected chi connectivity index (χ2v) is 4.19. The smallest absolute Gasteiger partial charge is 0.183 e. The van der Waals surface area contributed by atoms with Gasteiger partial charge in [0.25, 0.3) is 0 Å². The molecule has 1 aromatic heterocycles. The molecule has 0 aliphatic rings. The van der Waals surface area contributed by atoms with Gasteiger partial charge in [-0.25, -0.2) is 9.97 Å². The van der Waals surface area contributed by atoms with Crippen LogP contribution in [0.5, 0.6) is 5.75 Å². The highest BCUT2D eigenvalue weighted by atomic mass is 79.9. The van der Waals surface area contributed by atoms with Gasteiger partial charge in [-0.2, -0.15) is 5.26 Å². The summed E-state index contributed by atoms with van der Waals surface area (Å²) < 4.78 is 5.96. The van der Waals surface area contributed by atoms with Gasteiger partial charge in [-0.1, -0.05) is 0 Å². The van der Waals surface area contributed by atoms with E-state index in [9.17, 15) is 0 Å². The average molecular weight is 305 g/mol. The van der Waals surface area contributed by atoms with Gasteiger partial charge in [-0.15, -0.1) is 0 Å². The third-order valence-electron chi connectivity index (χ3n) is 2.22. The molecule has 0 fully saturated rings. The van der Waals surface area contributed by atoms with E-state index in [1.54, 1.807) is 7.11 Å². The third-order valence-corrected chi connectivity index (χ3v) is 2.84. The van der Waals surface area contributed by atoms with Crippen LogP contribution in [-0.2, 0) is 0 Å². The molecule has 1 N–H and O–H groups in total. The van der Waals surface area contributed by atoms with Crippen molar-refractivity contribution in [1.29, 1.82) is 5.26 Å². The van der Waals surface area contributed by atoms with Gasteiger partial charge in [0.05, 0.1) is 11.6 Å². The zero-order valence-electron chi connectivity index (χ0n) is 9.51. The number of aromatic nitrogens is 2. The summed E-state index contributed by atoms with van der Waals surface area (Å²) in [7, 11) is 1.60. The van der Waals surface area contributed by atoms with Crippen LogP contribution in [0.3, 0.4) is 0 Å². The highest BCUT2D eigenvalue weighted by Crippen LogP contribution is 2.29. The van der Waals surface area contributed by atoms with Crippen molar-refractivity contribution in [2.24, 2.45) is 0 Å². The Morgan fingerprint density at radius 1 is 1.33 bits per heavy atom. The lowest BCUT2D eigenvalue weighted by atomic mass is 10.3. The predicted molar refractivity (Wildman–Crippen MR) is 70.7 cm³/mol. The predicted octanol–water partition coefficient (Wildman–Crippen LogP) is 2.86. The lowest BCUT2D eigenvalue weighted by molar-refractivity contribution is 0.412. The van der Waals surface area contributed by atoms with Crippen molar-refractivity contribution >= 4 is 27.4 Å². The molecule has 1 heterocycles. The Bertz CT molecular complexity index is 609. The number of benzene rings is 1. The van der Waals surface area contributed by atoms with E-state index in [4.69, 9.17) is 10.00 Å². The second-order valence-electron chi connectivity index (χ2n) is 3.34. The summed E-state index contributed by atoms with van der Waals surface area (Å²) in [6, 6.07) is 7.47. The van der Waals surface area contributed by atoms with Crippen molar-refractivity contribution < 1.29 is 4.74 Å². The summed E-state index contributed by atoms with van der Waals surface area (Å²) in [6.07, 6.45) is 3.01. The van der Waals surface area contributed by atoms with E-state index in [0.717, 1.165) is 15.9 Å². The van der Waals surface area contributed by atoms with Gasteiger partial charge in [0.15, 0.2) is 11.5 Å². The Morgan fingerprint density at radius 3 is 2.78 bits per heavy atom. The maximum atomic E-state index is 8.91. The first-order chi connectivity index (χ1) is 8.74. The van der Waals surface area contributed by atoms with Gasteiger partial charge in [0.1, 0.15) is 11.8 Å². The molecule has 0 aliphatic heterocycles. The number of anilines is 2. The maximum Gasteiger partial charge on any atom is 0.183 e. The molecule has 2 aromatic rings. The van der Waals surface area contributed by atoms with Crippen LogP contribution in [0.2, 0.25) is 0 Å². The SMILES string of the molecule is COc1ccc(Nc2nccnc2C#N)cc1Br. The van der Waals surface area contributed by atoms with Crippen LogP contribution in [0.15, 0.2) is 35.1 Å². The van der Waals surface area contributed by atoms with Crippen molar-refractivity contribution in [3.05, 3.63) is 40.8 Å². The van der Waals surface area contributed by atoms with Gasteiger partial charge in [-0.05, 0) is 34.1 Å². The first-order valence-corrected chi connectivity index (χ1v) is 5.85. The molecule has 0 spiro atoms. The number of nitrogens with one attached hydrogen (secondary N) is 1. The van der Waals surface area contributed by atoms with Crippen molar-refractivity contribution in [3.63, 3.8) is 0 Å². The normalized spacial score (nSPS) is 9.61. The minimum absolute atomic E-state index is 0.254. The van der Waals surface area contributed by atoms with Crippen LogP contribution in [0.25, 0.3) is 0 Å². The summed E-state index contributed by atoms with van der Waals surface area (Å²) in [6.45, 7) is 0. The average Bonchev–Trinajstić information content (AvgIpc) is 2.39. The summed E-state index contributed by atoms with van der Waals surface area (Å²) >= 11 is 3.39. The topological polar surface area (TPSA) is 70.8 Å². The van der Waals surface area contributed by atoms with E-state index in [-0.39, 0.29) is 5.69 Å². The van der Waals surface area contributed by atoms with Crippen LogP contribution in [-0.4, -0.2) is 17.1 Å². The summed E-state index contributed by atoms with van der Waals surface area (Å²) in [4.78, 5) is 8.00. The van der Waals surface area contributed by atoms with Crippen LogP contribution < -0.4 is 10.1 Å². The Labute approximate surface area is 113 Å². The van der Waals surface area contributed by atoms with Crippen molar-refractivity contribution in [2.75, 3.05) is 12.4 Å². The van der Waals surface area contributed by atoms with Crippen molar-refractivity contribution in [2.45, 2.75) is 0 Å².